The van der Waals surface area contributed by atoms with E-state index in [1.54, 1.807) is 0 Å². The lowest BCUT2D eigenvalue weighted by atomic mass is 9.85. The Morgan fingerprint density at radius 3 is 2.09 bits per heavy atom. The van der Waals surface area contributed by atoms with Crippen LogP contribution in [0.25, 0.3) is 0 Å². The standard InChI is InChI=1S/C18H31NO2Si/c1-11-12(2)17(22(6,7)19-18(3,4)5)14-9-16-15(8-13(11)14)20-10-21-16/h8-9,11-14,17,19H,10H2,1-7H3. The maximum absolute atomic E-state index is 5.66. The van der Waals surface area contributed by atoms with Crippen LogP contribution in [-0.4, -0.2) is 20.6 Å². The highest BCUT2D eigenvalue weighted by Gasteiger charge is 2.54. The largest absolute Gasteiger partial charge is 0.454 e. The summed E-state index contributed by atoms with van der Waals surface area (Å²) in [4.78, 5) is 4.00. The second-order valence-electron chi connectivity index (χ2n) is 8.96. The van der Waals surface area contributed by atoms with Crippen LogP contribution >= 0.6 is 0 Å². The molecule has 5 atom stereocenters. The minimum atomic E-state index is -1.58. The molecule has 0 amide bonds. The van der Waals surface area contributed by atoms with E-state index >= 15 is 0 Å². The monoisotopic (exact) mass is 321 g/mol. The second kappa shape index (κ2) is 5.13. The number of hydrogen-bond donors (Lipinski definition) is 1. The Hall–Kier alpha value is -0.743. The van der Waals surface area contributed by atoms with Gasteiger partial charge in [-0.3, -0.25) is 0 Å². The summed E-state index contributed by atoms with van der Waals surface area (Å²) >= 11 is 0. The molecule has 1 saturated heterocycles. The first-order chi connectivity index (χ1) is 10.1. The van der Waals surface area contributed by atoms with E-state index in [1.807, 2.05) is 0 Å². The van der Waals surface area contributed by atoms with Crippen molar-refractivity contribution in [1.82, 2.24) is 4.98 Å². The minimum Gasteiger partial charge on any atom is -0.454 e. The SMILES string of the molecule is CC1C(C)C([Si](C)(C)NC(C)(C)C)C2C=C3OCOC3=CC12. The lowest BCUT2D eigenvalue weighted by Gasteiger charge is -2.42. The van der Waals surface area contributed by atoms with Gasteiger partial charge in [-0.2, -0.15) is 0 Å². The predicted octanol–water partition coefficient (Wildman–Crippen LogP) is 4.25. The number of fused-ring (bicyclic) bond motifs is 2. The van der Waals surface area contributed by atoms with Gasteiger partial charge in [0.2, 0.25) is 6.79 Å². The molecule has 1 N–H and O–H groups in total. The molecule has 124 valence electrons. The predicted molar refractivity (Wildman–Crippen MR) is 92.6 cm³/mol. The molecule has 2 fully saturated rings. The smallest absolute Gasteiger partial charge is 0.231 e. The van der Waals surface area contributed by atoms with Crippen molar-refractivity contribution in [3.8, 4) is 0 Å². The van der Waals surface area contributed by atoms with Gasteiger partial charge < -0.3 is 14.5 Å². The van der Waals surface area contributed by atoms with Crippen LogP contribution in [0.4, 0.5) is 0 Å². The van der Waals surface area contributed by atoms with Crippen molar-refractivity contribution in [3.05, 3.63) is 23.7 Å². The molecule has 1 saturated carbocycles. The average molecular weight is 322 g/mol. The topological polar surface area (TPSA) is 30.5 Å². The molecule has 3 rings (SSSR count). The third-order valence-corrected chi connectivity index (χ3v) is 9.72. The summed E-state index contributed by atoms with van der Waals surface area (Å²) in [5, 5.41) is 0. The number of allylic oxidation sites excluding steroid dienone is 2. The summed E-state index contributed by atoms with van der Waals surface area (Å²) in [6.07, 6.45) is 4.71. The fourth-order valence-corrected chi connectivity index (χ4v) is 10.2. The number of hydrogen-bond acceptors (Lipinski definition) is 3. The van der Waals surface area contributed by atoms with Gasteiger partial charge in [0.25, 0.3) is 0 Å². The Kier molecular flexibility index (Phi) is 3.76. The molecule has 4 heteroatoms. The van der Waals surface area contributed by atoms with Gasteiger partial charge >= 0.3 is 0 Å². The van der Waals surface area contributed by atoms with E-state index in [-0.39, 0.29) is 5.54 Å². The molecule has 22 heavy (non-hydrogen) atoms. The van der Waals surface area contributed by atoms with Crippen LogP contribution in [0.15, 0.2) is 23.7 Å². The van der Waals surface area contributed by atoms with Crippen LogP contribution in [0.1, 0.15) is 34.6 Å². The summed E-state index contributed by atoms with van der Waals surface area (Å²) in [5.41, 5.74) is 0.897. The normalized spacial score (nSPS) is 37.7. The van der Waals surface area contributed by atoms with Crippen molar-refractivity contribution in [2.75, 3.05) is 6.79 Å². The molecule has 3 aliphatic rings. The van der Waals surface area contributed by atoms with Crippen LogP contribution in [-0.2, 0) is 9.47 Å². The van der Waals surface area contributed by atoms with Gasteiger partial charge in [-0.15, -0.1) is 0 Å². The highest BCUT2D eigenvalue weighted by molar-refractivity contribution is 6.76. The number of rotatable bonds is 2. The molecule has 3 nitrogen and oxygen atoms in total. The molecular formula is C18H31NO2Si. The maximum atomic E-state index is 5.66. The van der Waals surface area contributed by atoms with E-state index in [0.29, 0.717) is 24.5 Å². The molecule has 0 spiro atoms. The average Bonchev–Trinajstić information content (AvgIpc) is 2.89. The summed E-state index contributed by atoms with van der Waals surface area (Å²) < 4.78 is 11.3. The number of nitrogens with one attached hydrogen (secondary N) is 1. The molecule has 1 heterocycles. The molecule has 0 aromatic heterocycles. The first kappa shape index (κ1) is 16.1. The Bertz CT molecular complexity index is 518. The zero-order valence-electron chi connectivity index (χ0n) is 15.1. The van der Waals surface area contributed by atoms with Crippen LogP contribution < -0.4 is 4.98 Å². The fourth-order valence-electron chi connectivity index (χ4n) is 5.19. The van der Waals surface area contributed by atoms with Crippen molar-refractivity contribution in [2.24, 2.45) is 23.7 Å². The molecule has 0 bridgehead atoms. The van der Waals surface area contributed by atoms with Gasteiger partial charge in [0.15, 0.2) is 11.5 Å². The molecule has 0 radical (unpaired) electrons. The van der Waals surface area contributed by atoms with Gasteiger partial charge in [-0.25, -0.2) is 0 Å². The van der Waals surface area contributed by atoms with Crippen molar-refractivity contribution in [3.63, 3.8) is 0 Å². The van der Waals surface area contributed by atoms with Crippen LogP contribution in [0.5, 0.6) is 0 Å². The van der Waals surface area contributed by atoms with Crippen LogP contribution in [0.2, 0.25) is 18.6 Å². The molecule has 0 aromatic rings. The van der Waals surface area contributed by atoms with Crippen molar-refractivity contribution in [2.45, 2.75) is 58.8 Å². The summed E-state index contributed by atoms with van der Waals surface area (Å²) in [6.45, 7) is 17.1. The zero-order chi connectivity index (χ0) is 16.3. The van der Waals surface area contributed by atoms with Gasteiger partial charge in [0.1, 0.15) is 8.24 Å². The first-order valence-corrected chi connectivity index (χ1v) is 11.7. The third-order valence-electron chi connectivity index (χ3n) is 5.75. The van der Waals surface area contributed by atoms with Crippen molar-refractivity contribution in [1.29, 1.82) is 0 Å². The summed E-state index contributed by atoms with van der Waals surface area (Å²) in [6, 6.07) is 0. The van der Waals surface area contributed by atoms with E-state index in [2.05, 4.69) is 64.8 Å². The first-order valence-electron chi connectivity index (χ1n) is 8.59. The fraction of sp³-hybridized carbons (Fsp3) is 0.778. The zero-order valence-corrected chi connectivity index (χ0v) is 16.1. The van der Waals surface area contributed by atoms with E-state index < -0.39 is 8.24 Å². The summed E-state index contributed by atoms with van der Waals surface area (Å²) in [5.74, 6) is 4.55. The Morgan fingerprint density at radius 2 is 1.55 bits per heavy atom. The minimum absolute atomic E-state index is 0.173. The van der Waals surface area contributed by atoms with E-state index in [4.69, 9.17) is 9.47 Å². The van der Waals surface area contributed by atoms with Gasteiger partial charge in [-0.05, 0) is 62.1 Å². The Balaban J connectivity index is 1.93. The highest BCUT2D eigenvalue weighted by Crippen LogP contribution is 2.57. The Morgan fingerprint density at radius 1 is 1.00 bits per heavy atom. The van der Waals surface area contributed by atoms with Crippen LogP contribution in [0, 0.1) is 23.7 Å². The molecule has 0 aromatic carbocycles. The Labute approximate surface area is 136 Å². The molecule has 2 aliphatic carbocycles. The van der Waals surface area contributed by atoms with Crippen LogP contribution in [0.3, 0.4) is 0 Å². The second-order valence-corrected chi connectivity index (χ2v) is 13.3. The molecule has 5 unspecified atom stereocenters. The van der Waals surface area contributed by atoms with Gasteiger partial charge in [-0.1, -0.05) is 26.9 Å². The molecule has 1 aliphatic heterocycles. The third kappa shape index (κ3) is 2.65. The van der Waals surface area contributed by atoms with Crippen molar-refractivity contribution < 1.29 is 9.47 Å². The lowest BCUT2D eigenvalue weighted by Crippen LogP contribution is -2.58. The van der Waals surface area contributed by atoms with Gasteiger partial charge in [0, 0.05) is 5.54 Å². The number of ether oxygens (including phenoxy) is 2. The molecular weight excluding hydrogens is 290 g/mol. The quantitative estimate of drug-likeness (QED) is 0.771. The van der Waals surface area contributed by atoms with E-state index in [1.165, 1.54) is 0 Å². The van der Waals surface area contributed by atoms with Gasteiger partial charge in [0.05, 0.1) is 0 Å². The highest BCUT2D eigenvalue weighted by atomic mass is 28.3. The van der Waals surface area contributed by atoms with Crippen molar-refractivity contribution >= 4 is 8.24 Å². The lowest BCUT2D eigenvalue weighted by molar-refractivity contribution is 0.0975. The van der Waals surface area contributed by atoms with E-state index in [0.717, 1.165) is 23.0 Å². The summed E-state index contributed by atoms with van der Waals surface area (Å²) in [7, 11) is -1.58. The van der Waals surface area contributed by atoms with E-state index in [9.17, 15) is 0 Å². The maximum Gasteiger partial charge on any atom is 0.231 e.